The quantitative estimate of drug-likeness (QED) is 0.384. The minimum Gasteiger partial charge on any atom is -0.511 e. The molecule has 1 amide bonds. The molecule has 5 rings (SSSR count). The fourth-order valence-corrected chi connectivity index (χ4v) is 7.41. The molecule has 0 fully saturated rings. The van der Waals surface area contributed by atoms with Crippen LogP contribution < -0.4 is 5.73 Å². The molecule has 0 spiro atoms. The van der Waals surface area contributed by atoms with Crippen molar-refractivity contribution in [2.24, 2.45) is 23.5 Å². The molecule has 0 saturated heterocycles. The number of hydrogen-bond donors (Lipinski definition) is 5. The number of phenols is 1. The second-order valence-corrected chi connectivity index (χ2v) is 12.0. The molecule has 0 saturated carbocycles. The lowest BCUT2D eigenvalue weighted by Gasteiger charge is -2.52. The van der Waals surface area contributed by atoms with Crippen molar-refractivity contribution in [2.45, 2.75) is 38.0 Å². The van der Waals surface area contributed by atoms with Gasteiger partial charge in [0, 0.05) is 12.1 Å². The number of primary amides is 1. The Morgan fingerprint density at radius 2 is 1.70 bits per heavy atom. The van der Waals surface area contributed by atoms with Crippen molar-refractivity contribution in [1.82, 2.24) is 9.80 Å². The smallest absolute Gasteiger partial charge is 0.251 e. The first-order valence-corrected chi connectivity index (χ1v) is 13.4. The predicted molar refractivity (Wildman–Crippen MR) is 151 cm³/mol. The molecule has 6 N–H and O–H groups in total. The summed E-state index contributed by atoms with van der Waals surface area (Å²) in [6.45, 7) is 2.02. The normalized spacial score (nSPS) is 28.1. The minimum atomic E-state index is -2.01. The number of fused-ring (bicyclic) bond motifs is 3. The molecule has 3 aliphatic rings. The van der Waals surface area contributed by atoms with E-state index in [-0.39, 0.29) is 34.0 Å². The second-order valence-electron chi connectivity index (χ2n) is 12.0. The van der Waals surface area contributed by atoms with Gasteiger partial charge in [-0.15, -0.1) is 0 Å². The number of allylic oxidation sites excluding steroid dienone is 1. The number of aromatic hydroxyl groups is 1. The van der Waals surface area contributed by atoms with E-state index < -0.39 is 41.1 Å². The molecular weight excluding hydrogens is 510 g/mol. The van der Waals surface area contributed by atoms with Gasteiger partial charge in [-0.2, -0.15) is 0 Å². The highest BCUT2D eigenvalue weighted by molar-refractivity contribution is 6.14. The van der Waals surface area contributed by atoms with Gasteiger partial charge in [-0.3, -0.25) is 14.5 Å². The Bertz CT molecular complexity index is 1470. The van der Waals surface area contributed by atoms with Gasteiger partial charge in [0.2, 0.25) is 0 Å². The summed E-state index contributed by atoms with van der Waals surface area (Å²) in [6.07, 6.45) is 0.734. The van der Waals surface area contributed by atoms with E-state index in [9.17, 15) is 30.0 Å². The molecule has 40 heavy (non-hydrogen) atoms. The molecule has 0 aliphatic heterocycles. The summed E-state index contributed by atoms with van der Waals surface area (Å²) < 4.78 is 0. The molecule has 2 aromatic rings. The van der Waals surface area contributed by atoms with Gasteiger partial charge in [-0.05, 0) is 88.1 Å². The molecule has 212 valence electrons. The molecule has 9 nitrogen and oxygen atoms in total. The average Bonchev–Trinajstić information content (AvgIpc) is 2.83. The number of Topliss-reactive ketones (excluding diaryl/α,β-unsaturated/α-hetero) is 1. The summed E-state index contributed by atoms with van der Waals surface area (Å²) in [7, 11) is 7.45. The number of benzene rings is 2. The Morgan fingerprint density at radius 3 is 2.33 bits per heavy atom. The van der Waals surface area contributed by atoms with Gasteiger partial charge in [-0.25, -0.2) is 0 Å². The number of ketones is 1. The third kappa shape index (κ3) is 4.11. The van der Waals surface area contributed by atoms with E-state index in [0.717, 1.165) is 16.7 Å². The zero-order valence-electron chi connectivity index (χ0n) is 23.5. The molecule has 0 aromatic heterocycles. The summed E-state index contributed by atoms with van der Waals surface area (Å²) >= 11 is 0. The van der Waals surface area contributed by atoms with Gasteiger partial charge in [0.05, 0.1) is 23.1 Å². The monoisotopic (exact) mass is 547 g/mol. The number of likely N-dealkylation sites (N-methyl/N-ethyl adjacent to an activating group) is 1. The van der Waals surface area contributed by atoms with Gasteiger partial charge < -0.3 is 31.1 Å². The number of aliphatic hydroxyl groups is 3. The number of nitrogens with two attached hydrogens (primary N) is 1. The summed E-state index contributed by atoms with van der Waals surface area (Å²) in [5, 5.41) is 45.3. The number of carbonyl (C=O) groups excluding carboxylic acids is 2. The standard InChI is InChI=1S/C31H37N3O6/c1-31(40)24-20(26(34(4)5)29(38)25(31)30(32)39)13-16-12-19-18(17-9-7-6-8-15(17)14-33(2)3)10-11-21(35)23(19)27(36)22(16)28(24)37/h6-11,16,20,24,26,35,37-38,40H,12-14H2,1-5H3,(H2,32,39)/t16?,20?,24?,26-,31?/m0/s1. The lowest BCUT2D eigenvalue weighted by atomic mass is 9.56. The van der Waals surface area contributed by atoms with Crippen LogP contribution in [0.25, 0.3) is 11.1 Å². The lowest BCUT2D eigenvalue weighted by Crippen LogP contribution is -2.59. The van der Waals surface area contributed by atoms with Crippen LogP contribution in [0.1, 0.15) is 34.8 Å². The molecule has 0 radical (unpaired) electrons. The lowest BCUT2D eigenvalue weighted by molar-refractivity contribution is -0.120. The minimum absolute atomic E-state index is 0.130. The Balaban J connectivity index is 1.70. The van der Waals surface area contributed by atoms with Crippen LogP contribution in [-0.2, 0) is 17.8 Å². The van der Waals surface area contributed by atoms with E-state index in [1.807, 2.05) is 44.4 Å². The number of carbonyl (C=O) groups is 2. The van der Waals surface area contributed by atoms with E-state index in [4.69, 9.17) is 5.73 Å². The van der Waals surface area contributed by atoms with Crippen molar-refractivity contribution < 1.29 is 30.0 Å². The fourth-order valence-electron chi connectivity index (χ4n) is 7.41. The Labute approximate surface area is 233 Å². The van der Waals surface area contributed by atoms with Gasteiger partial charge >= 0.3 is 0 Å². The van der Waals surface area contributed by atoms with Gasteiger partial charge in [-0.1, -0.05) is 30.3 Å². The van der Waals surface area contributed by atoms with E-state index in [0.29, 0.717) is 24.9 Å². The molecule has 4 unspecified atom stereocenters. The number of rotatable bonds is 5. The third-order valence-electron chi connectivity index (χ3n) is 8.83. The number of amides is 1. The van der Waals surface area contributed by atoms with Crippen molar-refractivity contribution in [3.63, 3.8) is 0 Å². The maximum atomic E-state index is 14.1. The Morgan fingerprint density at radius 1 is 1.02 bits per heavy atom. The molecular formula is C31H37N3O6. The summed E-state index contributed by atoms with van der Waals surface area (Å²) in [5.74, 6) is -4.30. The van der Waals surface area contributed by atoms with Crippen LogP contribution >= 0.6 is 0 Å². The number of phenolic OH excluding ortho intramolecular Hbond substituents is 1. The van der Waals surface area contributed by atoms with E-state index in [1.165, 1.54) is 13.0 Å². The van der Waals surface area contributed by atoms with E-state index in [2.05, 4.69) is 4.90 Å². The topological polar surface area (TPSA) is 148 Å². The summed E-state index contributed by atoms with van der Waals surface area (Å²) in [6, 6.07) is 10.6. The van der Waals surface area contributed by atoms with Crippen molar-refractivity contribution in [2.75, 3.05) is 28.2 Å². The highest BCUT2D eigenvalue weighted by Gasteiger charge is 2.59. The van der Waals surface area contributed by atoms with Crippen LogP contribution in [0.5, 0.6) is 5.75 Å². The third-order valence-corrected chi connectivity index (χ3v) is 8.83. The zero-order valence-corrected chi connectivity index (χ0v) is 23.5. The maximum absolute atomic E-state index is 14.1. The highest BCUT2D eigenvalue weighted by Crippen LogP contribution is 2.55. The highest BCUT2D eigenvalue weighted by atomic mass is 16.3. The predicted octanol–water partition coefficient (Wildman–Crippen LogP) is 2.92. The van der Waals surface area contributed by atoms with Gasteiger partial charge in [0.1, 0.15) is 22.9 Å². The molecule has 0 bridgehead atoms. The SMILES string of the molecule is CN(C)Cc1ccccc1-c1ccc(O)c2c1CC1CC3C(C(O)=C1C2=O)C(C)(O)C(C(N)=O)=C(O)[C@H]3N(C)C. The second kappa shape index (κ2) is 9.76. The van der Waals surface area contributed by atoms with Gasteiger partial charge in [0.15, 0.2) is 5.78 Å². The summed E-state index contributed by atoms with van der Waals surface area (Å²) in [5.41, 5.74) is 7.06. The Kier molecular flexibility index (Phi) is 6.81. The van der Waals surface area contributed by atoms with Crippen molar-refractivity contribution >= 4 is 11.7 Å². The van der Waals surface area contributed by atoms with Crippen LogP contribution in [0.15, 0.2) is 59.1 Å². The van der Waals surface area contributed by atoms with E-state index >= 15 is 0 Å². The van der Waals surface area contributed by atoms with Crippen molar-refractivity contribution in [1.29, 1.82) is 0 Å². The van der Waals surface area contributed by atoms with Crippen molar-refractivity contribution in [3.8, 4) is 16.9 Å². The van der Waals surface area contributed by atoms with Crippen molar-refractivity contribution in [3.05, 3.63) is 75.8 Å². The molecule has 0 heterocycles. The fraction of sp³-hybridized carbons (Fsp3) is 0.419. The molecule has 9 heteroatoms. The Hall–Kier alpha value is -3.66. The number of hydrogen-bond acceptors (Lipinski definition) is 8. The first-order valence-electron chi connectivity index (χ1n) is 13.4. The maximum Gasteiger partial charge on any atom is 0.251 e. The van der Waals surface area contributed by atoms with Crippen LogP contribution in [0, 0.1) is 17.8 Å². The first kappa shape index (κ1) is 27.9. The molecule has 3 aliphatic carbocycles. The largest absolute Gasteiger partial charge is 0.511 e. The summed E-state index contributed by atoms with van der Waals surface area (Å²) in [4.78, 5) is 30.3. The first-order chi connectivity index (χ1) is 18.8. The van der Waals surface area contributed by atoms with Gasteiger partial charge in [0.25, 0.3) is 5.91 Å². The molecule has 5 atom stereocenters. The molecule has 2 aromatic carbocycles. The van der Waals surface area contributed by atoms with Crippen LogP contribution in [0.2, 0.25) is 0 Å². The zero-order chi connectivity index (χ0) is 29.3. The van der Waals surface area contributed by atoms with Crippen LogP contribution in [-0.4, -0.2) is 81.7 Å². The van der Waals surface area contributed by atoms with Crippen LogP contribution in [0.3, 0.4) is 0 Å². The van der Waals surface area contributed by atoms with E-state index in [1.54, 1.807) is 19.0 Å². The number of aliphatic hydroxyl groups excluding tert-OH is 2. The van der Waals surface area contributed by atoms with Crippen LogP contribution in [0.4, 0.5) is 0 Å². The average molecular weight is 548 g/mol. The number of nitrogens with zero attached hydrogens (tertiary/aromatic N) is 2.